The molecule has 0 aliphatic rings. The maximum Gasteiger partial charge on any atom is 0.189 e. The van der Waals surface area contributed by atoms with Gasteiger partial charge >= 0.3 is 0 Å². The second kappa shape index (κ2) is 6.94. The lowest BCUT2D eigenvalue weighted by molar-refractivity contribution is 0.104. The molecule has 0 radical (unpaired) electrons. The van der Waals surface area contributed by atoms with Crippen molar-refractivity contribution in [2.24, 2.45) is 0 Å². The summed E-state index contributed by atoms with van der Waals surface area (Å²) < 4.78 is 10.4. The summed E-state index contributed by atoms with van der Waals surface area (Å²) in [6, 6.07) is 11.4. The number of benzene rings is 2. The first kappa shape index (κ1) is 15.8. The zero-order chi connectivity index (χ0) is 16.1. The van der Waals surface area contributed by atoms with Crippen molar-refractivity contribution >= 4 is 11.9 Å². The molecule has 0 heterocycles. The lowest BCUT2D eigenvalue weighted by Gasteiger charge is -2.08. The number of rotatable bonds is 5. The summed E-state index contributed by atoms with van der Waals surface area (Å²) >= 11 is 0. The van der Waals surface area contributed by atoms with Crippen molar-refractivity contribution in [2.45, 2.75) is 13.8 Å². The summed E-state index contributed by atoms with van der Waals surface area (Å²) in [7, 11) is 3.12. The molecule has 3 nitrogen and oxygen atoms in total. The molecule has 0 unspecified atom stereocenters. The Morgan fingerprint density at radius 3 is 2.45 bits per heavy atom. The molecule has 0 aliphatic carbocycles. The number of hydrogen-bond acceptors (Lipinski definition) is 3. The first-order valence-corrected chi connectivity index (χ1v) is 7.07. The van der Waals surface area contributed by atoms with Gasteiger partial charge in [0.2, 0.25) is 0 Å². The smallest absolute Gasteiger partial charge is 0.189 e. The van der Waals surface area contributed by atoms with Crippen molar-refractivity contribution < 1.29 is 14.3 Å². The first-order chi connectivity index (χ1) is 10.5. The van der Waals surface area contributed by atoms with E-state index in [1.165, 1.54) is 0 Å². The van der Waals surface area contributed by atoms with E-state index in [0.29, 0.717) is 17.1 Å². The second-order valence-corrected chi connectivity index (χ2v) is 5.12. The van der Waals surface area contributed by atoms with E-state index in [1.807, 2.05) is 26.0 Å². The molecule has 0 N–H and O–H groups in total. The molecule has 0 fully saturated rings. The number of aryl methyl sites for hydroxylation is 2. The fourth-order valence-electron chi connectivity index (χ4n) is 2.20. The maximum absolute atomic E-state index is 12.4. The third-order valence-electron chi connectivity index (χ3n) is 3.52. The fourth-order valence-corrected chi connectivity index (χ4v) is 2.20. The van der Waals surface area contributed by atoms with E-state index in [-0.39, 0.29) is 5.78 Å². The lowest BCUT2D eigenvalue weighted by atomic mass is 10.0. The van der Waals surface area contributed by atoms with E-state index < -0.39 is 0 Å². The van der Waals surface area contributed by atoms with Gasteiger partial charge < -0.3 is 9.47 Å². The van der Waals surface area contributed by atoms with Crippen LogP contribution in [0.4, 0.5) is 0 Å². The molecule has 22 heavy (non-hydrogen) atoms. The number of methoxy groups -OCH3 is 2. The van der Waals surface area contributed by atoms with Crippen LogP contribution in [0.15, 0.2) is 42.5 Å². The van der Waals surface area contributed by atoms with E-state index in [9.17, 15) is 4.79 Å². The number of carbonyl (C=O) groups excluding carboxylic acids is 1. The molecule has 0 amide bonds. The minimum Gasteiger partial charge on any atom is -0.497 e. The normalized spacial score (nSPS) is 10.7. The van der Waals surface area contributed by atoms with Crippen molar-refractivity contribution in [3.05, 3.63) is 64.7 Å². The number of hydrogen-bond donors (Lipinski definition) is 0. The van der Waals surface area contributed by atoms with Crippen LogP contribution in [0.5, 0.6) is 11.5 Å². The molecule has 2 rings (SSSR count). The number of ketones is 1. The lowest BCUT2D eigenvalue weighted by Crippen LogP contribution is -2.00. The predicted octanol–water partition coefficient (Wildman–Crippen LogP) is 4.22. The van der Waals surface area contributed by atoms with Crippen LogP contribution in [0.25, 0.3) is 6.08 Å². The minimum atomic E-state index is -0.114. The summed E-state index contributed by atoms with van der Waals surface area (Å²) in [4.78, 5) is 12.4. The third kappa shape index (κ3) is 3.55. The standard InChI is InChI=1S/C19H20O3/c1-13-5-6-14(2)15(11-13)7-9-18(20)17-12-16(21-3)8-10-19(17)22-4/h5-12H,1-4H3/b9-7+. The minimum absolute atomic E-state index is 0.114. The molecule has 0 aromatic heterocycles. The zero-order valence-corrected chi connectivity index (χ0v) is 13.3. The molecular formula is C19H20O3. The van der Waals surface area contributed by atoms with Gasteiger partial charge in [0.05, 0.1) is 19.8 Å². The first-order valence-electron chi connectivity index (χ1n) is 7.07. The van der Waals surface area contributed by atoms with Crippen molar-refractivity contribution in [3.63, 3.8) is 0 Å². The molecule has 0 saturated heterocycles. The van der Waals surface area contributed by atoms with Gasteiger partial charge in [0.1, 0.15) is 11.5 Å². The molecule has 2 aromatic rings. The summed E-state index contributed by atoms with van der Waals surface area (Å²) in [5.74, 6) is 1.05. The van der Waals surface area contributed by atoms with Gasteiger partial charge in [-0.1, -0.05) is 29.8 Å². The van der Waals surface area contributed by atoms with Gasteiger partial charge in [0, 0.05) is 0 Å². The summed E-state index contributed by atoms with van der Waals surface area (Å²) in [6.07, 6.45) is 3.41. The quantitative estimate of drug-likeness (QED) is 0.612. The van der Waals surface area contributed by atoms with Crippen molar-refractivity contribution in [3.8, 4) is 11.5 Å². The van der Waals surface area contributed by atoms with Crippen molar-refractivity contribution in [1.82, 2.24) is 0 Å². The molecule has 2 aromatic carbocycles. The average molecular weight is 296 g/mol. The largest absolute Gasteiger partial charge is 0.497 e. The summed E-state index contributed by atoms with van der Waals surface area (Å²) in [5.41, 5.74) is 3.82. The topological polar surface area (TPSA) is 35.5 Å². The summed E-state index contributed by atoms with van der Waals surface area (Å²) in [5, 5.41) is 0. The van der Waals surface area contributed by atoms with Gasteiger partial charge in [-0.2, -0.15) is 0 Å². The van der Waals surface area contributed by atoms with Gasteiger partial charge in [-0.15, -0.1) is 0 Å². The Hall–Kier alpha value is -2.55. The Balaban J connectivity index is 2.32. The maximum atomic E-state index is 12.4. The highest BCUT2D eigenvalue weighted by molar-refractivity contribution is 6.09. The van der Waals surface area contributed by atoms with Gasteiger partial charge in [-0.05, 0) is 49.2 Å². The number of allylic oxidation sites excluding steroid dienone is 1. The van der Waals surface area contributed by atoms with Gasteiger partial charge in [0.25, 0.3) is 0 Å². The molecule has 0 spiro atoms. The van der Waals surface area contributed by atoms with E-state index in [2.05, 4.69) is 12.1 Å². The van der Waals surface area contributed by atoms with E-state index >= 15 is 0 Å². The Labute approximate surface area is 131 Å². The highest BCUT2D eigenvalue weighted by Gasteiger charge is 2.11. The van der Waals surface area contributed by atoms with Crippen LogP contribution in [-0.2, 0) is 0 Å². The molecule has 0 bridgehead atoms. The Kier molecular flexibility index (Phi) is 4.99. The van der Waals surface area contributed by atoms with Crippen LogP contribution in [0.3, 0.4) is 0 Å². The van der Waals surface area contributed by atoms with Gasteiger partial charge in [-0.25, -0.2) is 0 Å². The van der Waals surface area contributed by atoms with E-state index in [1.54, 1.807) is 38.5 Å². The Morgan fingerprint density at radius 2 is 1.77 bits per heavy atom. The second-order valence-electron chi connectivity index (χ2n) is 5.12. The van der Waals surface area contributed by atoms with Crippen LogP contribution in [-0.4, -0.2) is 20.0 Å². The SMILES string of the molecule is COc1ccc(OC)c(C(=O)/C=C/c2cc(C)ccc2C)c1. The monoisotopic (exact) mass is 296 g/mol. The molecule has 0 atom stereocenters. The van der Waals surface area contributed by atoms with Crippen molar-refractivity contribution in [2.75, 3.05) is 14.2 Å². The highest BCUT2D eigenvalue weighted by atomic mass is 16.5. The van der Waals surface area contributed by atoms with Crippen molar-refractivity contribution in [1.29, 1.82) is 0 Å². The number of ether oxygens (including phenoxy) is 2. The molecule has 114 valence electrons. The predicted molar refractivity (Wildman–Crippen MR) is 88.8 cm³/mol. The van der Waals surface area contributed by atoms with Crippen LogP contribution >= 0.6 is 0 Å². The van der Waals surface area contributed by atoms with Gasteiger partial charge in [0.15, 0.2) is 5.78 Å². The van der Waals surface area contributed by atoms with Crippen LogP contribution in [0, 0.1) is 13.8 Å². The van der Waals surface area contributed by atoms with E-state index in [0.717, 1.165) is 16.7 Å². The molecule has 3 heteroatoms. The van der Waals surface area contributed by atoms with E-state index in [4.69, 9.17) is 9.47 Å². The Bertz CT molecular complexity index is 715. The molecular weight excluding hydrogens is 276 g/mol. The fraction of sp³-hybridized carbons (Fsp3) is 0.211. The molecule has 0 aliphatic heterocycles. The summed E-state index contributed by atoms with van der Waals surface area (Å²) in [6.45, 7) is 4.05. The van der Waals surface area contributed by atoms with Crippen LogP contribution in [0.1, 0.15) is 27.0 Å². The third-order valence-corrected chi connectivity index (χ3v) is 3.52. The van der Waals surface area contributed by atoms with Crippen LogP contribution < -0.4 is 9.47 Å². The average Bonchev–Trinajstić information content (AvgIpc) is 2.54. The number of carbonyl (C=O) groups is 1. The van der Waals surface area contributed by atoms with Crippen LogP contribution in [0.2, 0.25) is 0 Å². The Morgan fingerprint density at radius 1 is 1.00 bits per heavy atom. The van der Waals surface area contributed by atoms with Gasteiger partial charge in [-0.3, -0.25) is 4.79 Å². The zero-order valence-electron chi connectivity index (χ0n) is 13.3. The molecule has 0 saturated carbocycles. The highest BCUT2D eigenvalue weighted by Crippen LogP contribution is 2.25.